The topological polar surface area (TPSA) is 41.6 Å². The normalized spacial score (nSPS) is 9.77. The Bertz CT molecular complexity index is 422. The van der Waals surface area contributed by atoms with E-state index >= 15 is 0 Å². The van der Waals surface area contributed by atoms with E-state index in [1.165, 1.54) is 4.88 Å². The average Bonchev–Trinajstić information content (AvgIpc) is 2.76. The minimum Gasteiger partial charge on any atom is -0.317 e. The Hall–Kier alpha value is -1.60. The van der Waals surface area contributed by atoms with Gasteiger partial charge in [-0.25, -0.2) is 4.98 Å². The van der Waals surface area contributed by atoms with Crippen LogP contribution in [-0.4, -0.2) is 9.55 Å². The van der Waals surface area contributed by atoms with Crippen molar-refractivity contribution in [1.82, 2.24) is 9.55 Å². The van der Waals surface area contributed by atoms with Gasteiger partial charge in [0.15, 0.2) is 0 Å². The minimum atomic E-state index is 0.466. The molecule has 0 saturated heterocycles. The van der Waals surface area contributed by atoms with Crippen LogP contribution < -0.4 is 0 Å². The molecule has 0 aromatic carbocycles. The minimum absolute atomic E-state index is 0.466. The Labute approximate surface area is 79.9 Å². The van der Waals surface area contributed by atoms with Crippen molar-refractivity contribution < 1.29 is 0 Å². The predicted molar refractivity (Wildman–Crippen MR) is 50.4 cm³/mol. The highest BCUT2D eigenvalue weighted by molar-refractivity contribution is 7.09. The Morgan fingerprint density at radius 2 is 2.54 bits per heavy atom. The van der Waals surface area contributed by atoms with Crippen LogP contribution in [0.25, 0.3) is 0 Å². The molecule has 2 aromatic rings. The molecule has 0 unspecified atom stereocenters. The van der Waals surface area contributed by atoms with Gasteiger partial charge in [0.05, 0.1) is 6.54 Å². The van der Waals surface area contributed by atoms with Gasteiger partial charge in [0.2, 0.25) is 5.82 Å². The van der Waals surface area contributed by atoms with Crippen LogP contribution in [0.3, 0.4) is 0 Å². The SMILES string of the molecule is N#Cc1nccn1Cc1cccs1. The van der Waals surface area contributed by atoms with Crippen LogP contribution in [0.2, 0.25) is 0 Å². The van der Waals surface area contributed by atoms with Gasteiger partial charge < -0.3 is 4.57 Å². The molecule has 0 aliphatic carbocycles. The fourth-order valence-electron chi connectivity index (χ4n) is 1.12. The monoisotopic (exact) mass is 189 g/mol. The van der Waals surface area contributed by atoms with Crippen LogP contribution in [0, 0.1) is 11.3 Å². The summed E-state index contributed by atoms with van der Waals surface area (Å²) in [4.78, 5) is 5.15. The molecule has 0 atom stereocenters. The van der Waals surface area contributed by atoms with Gasteiger partial charge >= 0.3 is 0 Å². The van der Waals surface area contributed by atoms with E-state index in [1.807, 2.05) is 34.3 Å². The second-order valence-electron chi connectivity index (χ2n) is 2.57. The van der Waals surface area contributed by atoms with Crippen molar-refractivity contribution in [2.45, 2.75) is 6.54 Å². The summed E-state index contributed by atoms with van der Waals surface area (Å²) in [6.45, 7) is 0.737. The number of aromatic nitrogens is 2. The Morgan fingerprint density at radius 3 is 3.23 bits per heavy atom. The molecule has 13 heavy (non-hydrogen) atoms. The number of nitrogens with zero attached hydrogens (tertiary/aromatic N) is 3. The molecule has 0 aliphatic rings. The zero-order valence-electron chi connectivity index (χ0n) is 6.84. The predicted octanol–water partition coefficient (Wildman–Crippen LogP) is 1.86. The van der Waals surface area contributed by atoms with Crippen molar-refractivity contribution in [1.29, 1.82) is 5.26 Å². The third-order valence-corrected chi connectivity index (χ3v) is 2.58. The molecule has 0 saturated carbocycles. The first-order valence-corrected chi connectivity index (χ1v) is 4.72. The zero-order chi connectivity index (χ0) is 9.10. The number of hydrogen-bond donors (Lipinski definition) is 0. The molecule has 0 radical (unpaired) electrons. The second kappa shape index (κ2) is 3.42. The van der Waals surface area contributed by atoms with Crippen LogP contribution in [0.15, 0.2) is 29.9 Å². The van der Waals surface area contributed by atoms with Gasteiger partial charge in [0.25, 0.3) is 0 Å². The fourth-order valence-corrected chi connectivity index (χ4v) is 1.82. The van der Waals surface area contributed by atoms with E-state index in [0.29, 0.717) is 5.82 Å². The second-order valence-corrected chi connectivity index (χ2v) is 3.60. The van der Waals surface area contributed by atoms with Gasteiger partial charge in [-0.05, 0) is 11.4 Å². The van der Waals surface area contributed by atoms with Gasteiger partial charge in [0.1, 0.15) is 6.07 Å². The molecule has 2 rings (SSSR count). The summed E-state index contributed by atoms with van der Waals surface area (Å²) >= 11 is 1.68. The van der Waals surface area contributed by atoms with Crippen molar-refractivity contribution in [3.05, 3.63) is 40.6 Å². The third-order valence-electron chi connectivity index (χ3n) is 1.72. The largest absolute Gasteiger partial charge is 0.317 e. The maximum atomic E-state index is 8.71. The molecule has 64 valence electrons. The summed E-state index contributed by atoms with van der Waals surface area (Å²) in [7, 11) is 0. The van der Waals surface area contributed by atoms with Crippen molar-refractivity contribution in [3.8, 4) is 6.07 Å². The molecule has 0 fully saturated rings. The molecule has 2 aromatic heterocycles. The first-order chi connectivity index (χ1) is 6.40. The number of nitriles is 1. The fraction of sp³-hybridized carbons (Fsp3) is 0.111. The van der Waals surface area contributed by atoms with Gasteiger partial charge in [-0.1, -0.05) is 6.07 Å². The molecule has 0 amide bonds. The summed E-state index contributed by atoms with van der Waals surface area (Å²) in [6.07, 6.45) is 3.46. The van der Waals surface area contributed by atoms with Crippen molar-refractivity contribution in [2.75, 3.05) is 0 Å². The van der Waals surface area contributed by atoms with Gasteiger partial charge in [-0.3, -0.25) is 0 Å². The van der Waals surface area contributed by atoms with E-state index in [1.54, 1.807) is 17.5 Å². The molecule has 2 heterocycles. The van der Waals surface area contributed by atoms with E-state index in [4.69, 9.17) is 5.26 Å². The lowest BCUT2D eigenvalue weighted by Crippen LogP contribution is -1.99. The highest BCUT2D eigenvalue weighted by atomic mass is 32.1. The number of imidazole rings is 1. The highest BCUT2D eigenvalue weighted by Crippen LogP contribution is 2.11. The molecule has 0 spiro atoms. The summed E-state index contributed by atoms with van der Waals surface area (Å²) in [6, 6.07) is 6.09. The summed E-state index contributed by atoms with van der Waals surface area (Å²) in [5.41, 5.74) is 0. The average molecular weight is 189 g/mol. The van der Waals surface area contributed by atoms with E-state index in [0.717, 1.165) is 6.54 Å². The molecule has 0 aliphatic heterocycles. The zero-order valence-corrected chi connectivity index (χ0v) is 7.66. The van der Waals surface area contributed by atoms with Crippen LogP contribution in [0.1, 0.15) is 10.7 Å². The van der Waals surface area contributed by atoms with E-state index < -0.39 is 0 Å². The maximum Gasteiger partial charge on any atom is 0.213 e. The molecular weight excluding hydrogens is 182 g/mol. The Balaban J connectivity index is 2.24. The van der Waals surface area contributed by atoms with Gasteiger partial charge in [0, 0.05) is 17.3 Å². The van der Waals surface area contributed by atoms with Crippen LogP contribution >= 0.6 is 11.3 Å². The van der Waals surface area contributed by atoms with Crippen molar-refractivity contribution in [3.63, 3.8) is 0 Å². The van der Waals surface area contributed by atoms with Gasteiger partial charge in [-0.15, -0.1) is 11.3 Å². The summed E-state index contributed by atoms with van der Waals surface area (Å²) in [5.74, 6) is 0.466. The van der Waals surface area contributed by atoms with Gasteiger partial charge in [-0.2, -0.15) is 5.26 Å². The van der Waals surface area contributed by atoms with Crippen LogP contribution in [-0.2, 0) is 6.54 Å². The van der Waals surface area contributed by atoms with E-state index in [-0.39, 0.29) is 0 Å². The molecule has 0 bridgehead atoms. The van der Waals surface area contributed by atoms with Crippen LogP contribution in [0.4, 0.5) is 0 Å². The number of thiophene rings is 1. The molecule has 0 N–H and O–H groups in total. The highest BCUT2D eigenvalue weighted by Gasteiger charge is 2.01. The number of rotatable bonds is 2. The smallest absolute Gasteiger partial charge is 0.213 e. The van der Waals surface area contributed by atoms with Crippen LogP contribution in [0.5, 0.6) is 0 Å². The standard InChI is InChI=1S/C9H7N3S/c10-6-9-11-3-4-12(9)7-8-2-1-5-13-8/h1-5H,7H2. The quantitative estimate of drug-likeness (QED) is 0.723. The summed E-state index contributed by atoms with van der Waals surface area (Å²) in [5, 5.41) is 10.7. The lowest BCUT2D eigenvalue weighted by Gasteiger charge is -1.99. The van der Waals surface area contributed by atoms with Crippen molar-refractivity contribution >= 4 is 11.3 Å². The summed E-state index contributed by atoms with van der Waals surface area (Å²) < 4.78 is 1.84. The van der Waals surface area contributed by atoms with E-state index in [2.05, 4.69) is 4.98 Å². The molecule has 4 heteroatoms. The lowest BCUT2D eigenvalue weighted by atomic mass is 10.4. The van der Waals surface area contributed by atoms with Crippen molar-refractivity contribution in [2.24, 2.45) is 0 Å². The first-order valence-electron chi connectivity index (χ1n) is 3.84. The third kappa shape index (κ3) is 1.60. The Morgan fingerprint density at radius 1 is 1.62 bits per heavy atom. The van der Waals surface area contributed by atoms with E-state index in [9.17, 15) is 0 Å². The molecular formula is C9H7N3S. The molecule has 3 nitrogen and oxygen atoms in total. The first kappa shape index (κ1) is 8.02. The lowest BCUT2D eigenvalue weighted by molar-refractivity contribution is 0.794. The maximum absolute atomic E-state index is 8.71. The Kier molecular flexibility index (Phi) is 2.11. The number of hydrogen-bond acceptors (Lipinski definition) is 3.